The molecule has 1 aliphatic heterocycles. The average molecular weight is 380 g/mol. The molecule has 1 atom stereocenters. The Morgan fingerprint density at radius 2 is 2.42 bits per heavy atom. The molecule has 0 aliphatic carbocycles. The Morgan fingerprint density at radius 1 is 1.63 bits per heavy atom. The van der Waals surface area contributed by atoms with Gasteiger partial charge >= 0.3 is 0 Å². The Kier molecular flexibility index (Phi) is 6.49. The van der Waals surface area contributed by atoms with Crippen LogP contribution < -0.4 is 5.73 Å². The van der Waals surface area contributed by atoms with Crippen LogP contribution in [0.4, 0.5) is 0 Å². The number of hydrogen-bond acceptors (Lipinski definition) is 4. The van der Waals surface area contributed by atoms with Crippen molar-refractivity contribution in [1.29, 1.82) is 0 Å². The van der Waals surface area contributed by atoms with Crippen molar-refractivity contribution in [3.8, 4) is 0 Å². The van der Waals surface area contributed by atoms with E-state index in [1.807, 2.05) is 23.3 Å². The standard InChI is InChI=1S/C11H20N6O.HI/c1-3-16-8-14-15-10(16)6-13-11(12)17-4-5-18-9(2)7-17;/h8-9H,3-7H2,1-2H3,(H2,12,13);1H. The lowest BCUT2D eigenvalue weighted by atomic mass is 10.3. The van der Waals surface area contributed by atoms with Crippen molar-refractivity contribution in [2.75, 3.05) is 19.7 Å². The number of hydrogen-bond donors (Lipinski definition) is 1. The predicted molar refractivity (Wildman–Crippen MR) is 83.4 cm³/mol. The number of aryl methyl sites for hydroxylation is 1. The van der Waals surface area contributed by atoms with Crippen LogP contribution >= 0.6 is 24.0 Å². The summed E-state index contributed by atoms with van der Waals surface area (Å²) < 4.78 is 7.42. The monoisotopic (exact) mass is 380 g/mol. The fourth-order valence-electron chi connectivity index (χ4n) is 1.94. The van der Waals surface area contributed by atoms with Crippen LogP contribution in [0.3, 0.4) is 0 Å². The lowest BCUT2D eigenvalue weighted by molar-refractivity contribution is 0.00528. The van der Waals surface area contributed by atoms with Crippen molar-refractivity contribution in [2.45, 2.75) is 33.0 Å². The van der Waals surface area contributed by atoms with Gasteiger partial charge in [0.15, 0.2) is 11.8 Å². The second kappa shape index (κ2) is 7.63. The van der Waals surface area contributed by atoms with Gasteiger partial charge in [-0.15, -0.1) is 34.2 Å². The third-order valence-electron chi connectivity index (χ3n) is 2.98. The molecule has 0 radical (unpaired) electrons. The van der Waals surface area contributed by atoms with E-state index in [2.05, 4.69) is 15.2 Å². The maximum Gasteiger partial charge on any atom is 0.191 e. The number of aromatic nitrogens is 3. The molecule has 7 nitrogen and oxygen atoms in total. The molecule has 2 N–H and O–H groups in total. The van der Waals surface area contributed by atoms with Gasteiger partial charge in [-0.05, 0) is 13.8 Å². The highest BCUT2D eigenvalue weighted by molar-refractivity contribution is 14.0. The first kappa shape index (κ1) is 16.2. The number of nitrogens with zero attached hydrogens (tertiary/aromatic N) is 5. The van der Waals surface area contributed by atoms with Crippen LogP contribution in [0.5, 0.6) is 0 Å². The number of morpholine rings is 1. The molecule has 2 rings (SSSR count). The van der Waals surface area contributed by atoms with Crippen LogP contribution in [0.1, 0.15) is 19.7 Å². The normalized spacial score (nSPS) is 20.2. The van der Waals surface area contributed by atoms with Crippen LogP contribution in [0.2, 0.25) is 0 Å². The van der Waals surface area contributed by atoms with E-state index in [4.69, 9.17) is 10.5 Å². The molecule has 0 saturated carbocycles. The highest BCUT2D eigenvalue weighted by Gasteiger charge is 2.18. The predicted octanol–water partition coefficient (Wildman–Crippen LogP) is 0.451. The average Bonchev–Trinajstić information content (AvgIpc) is 2.83. The third-order valence-corrected chi connectivity index (χ3v) is 2.98. The molecule has 0 amide bonds. The third kappa shape index (κ3) is 4.30. The highest BCUT2D eigenvalue weighted by Crippen LogP contribution is 2.04. The largest absolute Gasteiger partial charge is 0.375 e. The maximum atomic E-state index is 5.98. The minimum atomic E-state index is 0. The van der Waals surface area contributed by atoms with Gasteiger partial charge in [-0.2, -0.15) is 0 Å². The van der Waals surface area contributed by atoms with Gasteiger partial charge in [0, 0.05) is 19.6 Å². The Balaban J connectivity index is 0.00000180. The summed E-state index contributed by atoms with van der Waals surface area (Å²) >= 11 is 0. The summed E-state index contributed by atoms with van der Waals surface area (Å²) in [5.74, 6) is 1.39. The summed E-state index contributed by atoms with van der Waals surface area (Å²) in [5, 5.41) is 7.89. The smallest absolute Gasteiger partial charge is 0.191 e. The molecule has 8 heteroatoms. The Bertz CT molecular complexity index is 421. The summed E-state index contributed by atoms with van der Waals surface area (Å²) in [7, 11) is 0. The van der Waals surface area contributed by atoms with E-state index in [0.29, 0.717) is 19.1 Å². The summed E-state index contributed by atoms with van der Waals surface area (Å²) in [6.45, 7) is 7.66. The molecule has 2 heterocycles. The summed E-state index contributed by atoms with van der Waals surface area (Å²) in [6, 6.07) is 0. The van der Waals surface area contributed by atoms with Gasteiger partial charge in [-0.1, -0.05) is 0 Å². The minimum absolute atomic E-state index is 0. The SMILES string of the molecule is CCn1cnnc1CN=C(N)N1CCOC(C)C1.I. The minimum Gasteiger partial charge on any atom is -0.375 e. The molecule has 0 aromatic carbocycles. The lowest BCUT2D eigenvalue weighted by Crippen LogP contribution is -2.47. The van der Waals surface area contributed by atoms with Crippen molar-refractivity contribution in [2.24, 2.45) is 10.7 Å². The van der Waals surface area contributed by atoms with E-state index in [1.54, 1.807) is 6.33 Å². The zero-order valence-electron chi connectivity index (χ0n) is 11.3. The van der Waals surface area contributed by atoms with Crippen LogP contribution in [0, 0.1) is 0 Å². The number of rotatable bonds is 3. The van der Waals surface area contributed by atoms with Gasteiger partial charge in [-0.25, -0.2) is 4.99 Å². The Morgan fingerprint density at radius 3 is 3.11 bits per heavy atom. The van der Waals surface area contributed by atoms with E-state index in [1.165, 1.54) is 0 Å². The van der Waals surface area contributed by atoms with Gasteiger partial charge in [-0.3, -0.25) is 0 Å². The summed E-state index contributed by atoms with van der Waals surface area (Å²) in [5.41, 5.74) is 5.98. The molecule has 0 spiro atoms. The molecule has 1 saturated heterocycles. The van der Waals surface area contributed by atoms with Crippen molar-refractivity contribution in [1.82, 2.24) is 19.7 Å². The van der Waals surface area contributed by atoms with Crippen LogP contribution in [-0.2, 0) is 17.8 Å². The molecule has 1 fully saturated rings. The summed E-state index contributed by atoms with van der Waals surface area (Å²) in [4.78, 5) is 6.42. The van der Waals surface area contributed by atoms with E-state index < -0.39 is 0 Å². The number of ether oxygens (including phenoxy) is 1. The highest BCUT2D eigenvalue weighted by atomic mass is 127. The van der Waals surface area contributed by atoms with E-state index in [9.17, 15) is 0 Å². The van der Waals surface area contributed by atoms with Gasteiger partial charge in [0.1, 0.15) is 12.9 Å². The number of guanidine groups is 1. The number of nitrogens with two attached hydrogens (primary N) is 1. The topological polar surface area (TPSA) is 81.6 Å². The van der Waals surface area contributed by atoms with Gasteiger partial charge < -0.3 is 19.9 Å². The zero-order valence-corrected chi connectivity index (χ0v) is 13.7. The van der Waals surface area contributed by atoms with Crippen molar-refractivity contribution in [3.05, 3.63) is 12.2 Å². The summed E-state index contributed by atoms with van der Waals surface area (Å²) in [6.07, 6.45) is 1.91. The lowest BCUT2D eigenvalue weighted by Gasteiger charge is -2.31. The van der Waals surface area contributed by atoms with Crippen molar-refractivity contribution < 1.29 is 4.74 Å². The number of halogens is 1. The molecule has 1 aromatic rings. The maximum absolute atomic E-state index is 5.98. The van der Waals surface area contributed by atoms with Crippen molar-refractivity contribution in [3.63, 3.8) is 0 Å². The van der Waals surface area contributed by atoms with Crippen LogP contribution in [-0.4, -0.2) is 51.4 Å². The first-order chi connectivity index (χ1) is 8.70. The van der Waals surface area contributed by atoms with Gasteiger partial charge in [0.05, 0.1) is 12.7 Å². The van der Waals surface area contributed by atoms with Gasteiger partial charge in [0.2, 0.25) is 0 Å². The molecule has 108 valence electrons. The molecular formula is C11H21IN6O. The molecule has 19 heavy (non-hydrogen) atoms. The van der Waals surface area contributed by atoms with Gasteiger partial charge in [0.25, 0.3) is 0 Å². The van der Waals surface area contributed by atoms with Crippen molar-refractivity contribution >= 4 is 29.9 Å². The Hall–Kier alpha value is -0.900. The molecular weight excluding hydrogens is 359 g/mol. The van der Waals surface area contributed by atoms with E-state index >= 15 is 0 Å². The molecule has 1 unspecified atom stereocenters. The van der Waals surface area contributed by atoms with E-state index in [-0.39, 0.29) is 30.1 Å². The molecule has 1 aliphatic rings. The van der Waals surface area contributed by atoms with Crippen LogP contribution in [0.15, 0.2) is 11.3 Å². The second-order valence-corrected chi connectivity index (χ2v) is 4.34. The zero-order chi connectivity index (χ0) is 13.0. The number of aliphatic imine (C=N–C) groups is 1. The Labute approximate surface area is 130 Å². The fourth-order valence-corrected chi connectivity index (χ4v) is 1.94. The second-order valence-electron chi connectivity index (χ2n) is 4.34. The first-order valence-electron chi connectivity index (χ1n) is 6.24. The fraction of sp³-hybridized carbons (Fsp3) is 0.727. The molecule has 0 bridgehead atoms. The first-order valence-corrected chi connectivity index (χ1v) is 6.24. The van der Waals surface area contributed by atoms with Crippen LogP contribution in [0.25, 0.3) is 0 Å². The van der Waals surface area contributed by atoms with E-state index in [0.717, 1.165) is 25.5 Å². The molecule has 1 aromatic heterocycles. The quantitative estimate of drug-likeness (QED) is 0.468.